The summed E-state index contributed by atoms with van der Waals surface area (Å²) in [6, 6.07) is 10.9. The number of carbonyl (C=O) groups is 1. The normalized spacial score (nSPS) is 11.0. The van der Waals surface area contributed by atoms with Crippen molar-refractivity contribution in [3.63, 3.8) is 0 Å². The van der Waals surface area contributed by atoms with Crippen molar-refractivity contribution in [1.29, 1.82) is 0 Å². The first-order valence-electron chi connectivity index (χ1n) is 8.21. The third kappa shape index (κ3) is 3.06. The van der Waals surface area contributed by atoms with Crippen LogP contribution >= 0.6 is 0 Å². The van der Waals surface area contributed by atoms with Gasteiger partial charge in [-0.1, -0.05) is 11.2 Å². The molecular weight excluding hydrogens is 332 g/mol. The van der Waals surface area contributed by atoms with Crippen LogP contribution in [0.2, 0.25) is 0 Å². The van der Waals surface area contributed by atoms with Gasteiger partial charge in [0.2, 0.25) is 0 Å². The van der Waals surface area contributed by atoms with Crippen LogP contribution in [0.1, 0.15) is 21.7 Å². The van der Waals surface area contributed by atoms with Gasteiger partial charge < -0.3 is 14.3 Å². The molecule has 4 aromatic rings. The number of aryl methyl sites for hydroxylation is 1. The first-order valence-corrected chi connectivity index (χ1v) is 8.21. The van der Waals surface area contributed by atoms with Crippen LogP contribution in [0.4, 0.5) is 0 Å². The van der Waals surface area contributed by atoms with Crippen molar-refractivity contribution in [3.05, 3.63) is 65.8 Å². The molecular formula is C19H16N4O3. The summed E-state index contributed by atoms with van der Waals surface area (Å²) in [4.78, 5) is 21.4. The van der Waals surface area contributed by atoms with E-state index in [0.717, 1.165) is 5.69 Å². The number of fused-ring (bicyclic) bond motifs is 1. The van der Waals surface area contributed by atoms with Crippen LogP contribution in [-0.2, 0) is 6.42 Å². The van der Waals surface area contributed by atoms with Gasteiger partial charge in [-0.25, -0.2) is 4.98 Å². The van der Waals surface area contributed by atoms with E-state index in [0.29, 0.717) is 46.8 Å². The summed E-state index contributed by atoms with van der Waals surface area (Å²) in [6.07, 6.45) is 3.94. The molecule has 0 unspecified atom stereocenters. The summed E-state index contributed by atoms with van der Waals surface area (Å²) < 4.78 is 10.6. The molecule has 7 nitrogen and oxygen atoms in total. The first kappa shape index (κ1) is 16.0. The molecule has 130 valence electrons. The van der Waals surface area contributed by atoms with Crippen LogP contribution < -0.4 is 5.32 Å². The Kier molecular flexibility index (Phi) is 4.18. The Balaban J connectivity index is 1.61. The average Bonchev–Trinajstić information content (AvgIpc) is 3.32. The van der Waals surface area contributed by atoms with Gasteiger partial charge in [0.15, 0.2) is 5.76 Å². The lowest BCUT2D eigenvalue weighted by Crippen LogP contribution is -2.26. The van der Waals surface area contributed by atoms with E-state index >= 15 is 0 Å². The summed E-state index contributed by atoms with van der Waals surface area (Å²) in [5.74, 6) is 0.343. The number of aromatic nitrogens is 3. The molecule has 4 rings (SSSR count). The Labute approximate surface area is 149 Å². The molecule has 0 aliphatic carbocycles. The van der Waals surface area contributed by atoms with E-state index in [2.05, 4.69) is 20.4 Å². The predicted octanol–water partition coefficient (Wildman–Crippen LogP) is 3.16. The Morgan fingerprint density at radius 3 is 2.92 bits per heavy atom. The van der Waals surface area contributed by atoms with E-state index in [4.69, 9.17) is 8.94 Å². The third-order valence-electron chi connectivity index (χ3n) is 4.03. The molecule has 0 aromatic carbocycles. The van der Waals surface area contributed by atoms with Crippen LogP contribution in [0, 0.1) is 6.92 Å². The van der Waals surface area contributed by atoms with E-state index in [1.165, 1.54) is 0 Å². The zero-order valence-corrected chi connectivity index (χ0v) is 14.1. The fraction of sp³-hybridized carbons (Fsp3) is 0.158. The molecule has 26 heavy (non-hydrogen) atoms. The molecule has 4 aromatic heterocycles. The minimum absolute atomic E-state index is 0.215. The lowest BCUT2D eigenvalue weighted by Gasteiger charge is -2.07. The highest BCUT2D eigenvalue weighted by atomic mass is 16.5. The quantitative estimate of drug-likeness (QED) is 0.595. The third-order valence-corrected chi connectivity index (χ3v) is 4.03. The largest absolute Gasteiger partial charge is 0.463 e. The fourth-order valence-electron chi connectivity index (χ4n) is 2.77. The number of furan rings is 1. The summed E-state index contributed by atoms with van der Waals surface area (Å²) in [7, 11) is 0. The Hall–Kier alpha value is -3.48. The van der Waals surface area contributed by atoms with E-state index in [-0.39, 0.29) is 5.91 Å². The molecule has 0 atom stereocenters. The lowest BCUT2D eigenvalue weighted by atomic mass is 10.1. The van der Waals surface area contributed by atoms with Crippen molar-refractivity contribution in [2.24, 2.45) is 0 Å². The van der Waals surface area contributed by atoms with Crippen molar-refractivity contribution in [2.75, 3.05) is 6.54 Å². The molecule has 0 aliphatic heterocycles. The molecule has 4 heterocycles. The highest BCUT2D eigenvalue weighted by Gasteiger charge is 2.20. The number of pyridine rings is 2. The number of carbonyl (C=O) groups excluding carboxylic acids is 1. The van der Waals surface area contributed by atoms with Crippen molar-refractivity contribution in [2.45, 2.75) is 13.3 Å². The molecule has 0 fully saturated rings. The molecule has 0 saturated carbocycles. The second-order valence-electron chi connectivity index (χ2n) is 5.81. The maximum atomic E-state index is 12.8. The van der Waals surface area contributed by atoms with Crippen LogP contribution in [0.5, 0.6) is 0 Å². The molecule has 7 heteroatoms. The average molecular weight is 348 g/mol. The number of nitrogens with one attached hydrogen (secondary N) is 1. The molecule has 0 spiro atoms. The van der Waals surface area contributed by atoms with Crippen molar-refractivity contribution < 1.29 is 13.7 Å². The number of amides is 1. The van der Waals surface area contributed by atoms with Gasteiger partial charge in [0.1, 0.15) is 5.69 Å². The van der Waals surface area contributed by atoms with Gasteiger partial charge >= 0.3 is 0 Å². The number of hydrogen-bond donors (Lipinski definition) is 1. The minimum atomic E-state index is -0.215. The van der Waals surface area contributed by atoms with Crippen LogP contribution in [0.25, 0.3) is 22.6 Å². The Morgan fingerprint density at radius 2 is 2.15 bits per heavy atom. The molecule has 0 aliphatic rings. The molecule has 0 bridgehead atoms. The Bertz CT molecular complexity index is 1040. The SMILES string of the molecule is Cc1noc2nc(-c3ccco3)cc(C(=O)NCCc3ccccn3)c12. The van der Waals surface area contributed by atoms with E-state index in [1.807, 2.05) is 18.2 Å². The number of nitrogens with zero attached hydrogens (tertiary/aromatic N) is 3. The zero-order valence-electron chi connectivity index (χ0n) is 14.1. The molecule has 1 amide bonds. The fourth-order valence-corrected chi connectivity index (χ4v) is 2.77. The molecule has 1 N–H and O–H groups in total. The minimum Gasteiger partial charge on any atom is -0.463 e. The maximum absolute atomic E-state index is 12.8. The highest BCUT2D eigenvalue weighted by Crippen LogP contribution is 2.27. The van der Waals surface area contributed by atoms with Gasteiger partial charge in [-0.2, -0.15) is 0 Å². The smallest absolute Gasteiger partial charge is 0.259 e. The topological polar surface area (TPSA) is 94.0 Å². The monoisotopic (exact) mass is 348 g/mol. The summed E-state index contributed by atoms with van der Waals surface area (Å²) in [5.41, 5.74) is 2.83. The second-order valence-corrected chi connectivity index (χ2v) is 5.81. The van der Waals surface area contributed by atoms with Gasteiger partial charge in [-0.15, -0.1) is 0 Å². The number of rotatable bonds is 5. The van der Waals surface area contributed by atoms with Crippen molar-refractivity contribution in [1.82, 2.24) is 20.4 Å². The van der Waals surface area contributed by atoms with E-state index in [1.54, 1.807) is 37.6 Å². The van der Waals surface area contributed by atoms with Crippen molar-refractivity contribution in [3.8, 4) is 11.5 Å². The Morgan fingerprint density at radius 1 is 1.23 bits per heavy atom. The summed E-state index contributed by atoms with van der Waals surface area (Å²) >= 11 is 0. The van der Waals surface area contributed by atoms with E-state index < -0.39 is 0 Å². The maximum Gasteiger partial charge on any atom is 0.259 e. The van der Waals surface area contributed by atoms with Gasteiger partial charge in [0, 0.05) is 24.9 Å². The van der Waals surface area contributed by atoms with Gasteiger partial charge in [-0.3, -0.25) is 9.78 Å². The zero-order chi connectivity index (χ0) is 17.9. The molecule has 0 saturated heterocycles. The van der Waals surface area contributed by atoms with Crippen LogP contribution in [-0.4, -0.2) is 27.6 Å². The predicted molar refractivity (Wildman–Crippen MR) is 94.5 cm³/mol. The molecule has 0 radical (unpaired) electrons. The number of hydrogen-bond acceptors (Lipinski definition) is 6. The van der Waals surface area contributed by atoms with E-state index in [9.17, 15) is 4.79 Å². The van der Waals surface area contributed by atoms with Gasteiger partial charge in [-0.05, 0) is 37.3 Å². The first-order chi connectivity index (χ1) is 12.7. The standard InChI is InChI=1S/C19H16N4O3/c1-12-17-14(18(24)21-9-7-13-5-2-3-8-20-13)11-15(16-6-4-10-25-16)22-19(17)26-23-12/h2-6,8,10-11H,7,9H2,1H3,(H,21,24). The second kappa shape index (κ2) is 6.79. The van der Waals surface area contributed by atoms with Crippen LogP contribution in [0.15, 0.2) is 57.8 Å². The summed E-state index contributed by atoms with van der Waals surface area (Å²) in [6.45, 7) is 2.25. The summed E-state index contributed by atoms with van der Waals surface area (Å²) in [5, 5.41) is 7.46. The van der Waals surface area contributed by atoms with Crippen LogP contribution in [0.3, 0.4) is 0 Å². The van der Waals surface area contributed by atoms with Gasteiger partial charge in [0.05, 0.1) is 22.9 Å². The highest BCUT2D eigenvalue weighted by molar-refractivity contribution is 6.06. The van der Waals surface area contributed by atoms with Crippen molar-refractivity contribution >= 4 is 17.0 Å². The lowest BCUT2D eigenvalue weighted by molar-refractivity contribution is 0.0955. The van der Waals surface area contributed by atoms with Gasteiger partial charge in [0.25, 0.3) is 11.6 Å².